The lowest BCUT2D eigenvalue weighted by molar-refractivity contribution is -0.142. The van der Waals surface area contributed by atoms with Crippen molar-refractivity contribution in [3.63, 3.8) is 0 Å². The van der Waals surface area contributed by atoms with Crippen molar-refractivity contribution in [3.05, 3.63) is 75.6 Å². The van der Waals surface area contributed by atoms with Crippen molar-refractivity contribution in [2.75, 3.05) is 13.7 Å². The highest BCUT2D eigenvalue weighted by atomic mass is 32.5. The maximum absolute atomic E-state index is 12.3. The minimum atomic E-state index is -3.50. The van der Waals surface area contributed by atoms with Gasteiger partial charge in [0.2, 0.25) is 0 Å². The average molecular weight is 566 g/mol. The summed E-state index contributed by atoms with van der Waals surface area (Å²) in [5, 5.41) is 26.3. The van der Waals surface area contributed by atoms with E-state index in [2.05, 4.69) is 10.1 Å². The van der Waals surface area contributed by atoms with E-state index in [1.807, 2.05) is 30.3 Å². The summed E-state index contributed by atoms with van der Waals surface area (Å²) in [5.74, 6) is -0.185. The molecule has 0 saturated carbocycles. The van der Waals surface area contributed by atoms with Gasteiger partial charge in [-0.15, -0.1) is 0 Å². The molecule has 1 saturated heterocycles. The molecule has 1 aliphatic heterocycles. The van der Waals surface area contributed by atoms with Crippen molar-refractivity contribution in [2.45, 2.75) is 43.9 Å². The lowest BCUT2D eigenvalue weighted by Crippen LogP contribution is -2.47. The second-order valence-electron chi connectivity index (χ2n) is 8.95. The Hall–Kier alpha value is -2.90. The summed E-state index contributed by atoms with van der Waals surface area (Å²) in [6.45, 7) is -1.04. The Balaban J connectivity index is 1.60. The fourth-order valence-electron chi connectivity index (χ4n) is 4.12. The van der Waals surface area contributed by atoms with E-state index >= 15 is 0 Å². The van der Waals surface area contributed by atoms with Gasteiger partial charge in [0.25, 0.3) is 5.56 Å². The summed E-state index contributed by atoms with van der Waals surface area (Å²) in [7, 11) is 1.24. The third kappa shape index (κ3) is 5.74. The lowest BCUT2D eigenvalue weighted by Gasteiger charge is -2.28. The van der Waals surface area contributed by atoms with Gasteiger partial charge >= 0.3 is 18.3 Å². The summed E-state index contributed by atoms with van der Waals surface area (Å²) in [4.78, 5) is 37.9. The molecule has 1 aliphatic rings. The molecule has 2 heterocycles. The first-order valence-corrected chi connectivity index (χ1v) is 14.2. The Morgan fingerprint density at radius 1 is 1.26 bits per heavy atom. The Morgan fingerprint density at radius 3 is 2.68 bits per heavy atom. The molecule has 3 aromatic rings. The third-order valence-electron chi connectivity index (χ3n) is 6.14. The van der Waals surface area contributed by atoms with Gasteiger partial charge in [0.05, 0.1) is 13.7 Å². The van der Waals surface area contributed by atoms with E-state index in [-0.39, 0.29) is 6.61 Å². The van der Waals surface area contributed by atoms with Gasteiger partial charge in [0, 0.05) is 17.6 Å². The molecule has 1 aromatic heterocycles. The van der Waals surface area contributed by atoms with Crippen molar-refractivity contribution < 1.29 is 33.5 Å². The molecular formula is C24H28N3O9PS. The van der Waals surface area contributed by atoms with E-state index in [0.717, 1.165) is 27.6 Å². The number of aliphatic hydroxyl groups is 2. The van der Waals surface area contributed by atoms with Crippen molar-refractivity contribution in [1.29, 1.82) is 0 Å². The average Bonchev–Trinajstić information content (AvgIpc) is 3.10. The predicted molar refractivity (Wildman–Crippen MR) is 141 cm³/mol. The van der Waals surface area contributed by atoms with Crippen molar-refractivity contribution in [1.82, 2.24) is 14.6 Å². The number of hydrogen-bond donors (Lipinski definition) is 4. The van der Waals surface area contributed by atoms with Gasteiger partial charge in [-0.2, -0.15) is 0 Å². The number of esters is 1. The zero-order valence-corrected chi connectivity index (χ0v) is 22.5. The van der Waals surface area contributed by atoms with Crippen LogP contribution in [-0.2, 0) is 30.6 Å². The smallest absolute Gasteiger partial charge is 0.330 e. The quantitative estimate of drug-likeness (QED) is 0.218. The van der Waals surface area contributed by atoms with E-state index in [1.165, 1.54) is 21.0 Å². The highest BCUT2D eigenvalue weighted by molar-refractivity contribution is 8.09. The number of ether oxygens (including phenoxy) is 2. The molecule has 14 heteroatoms. The van der Waals surface area contributed by atoms with E-state index < -0.39 is 53.9 Å². The number of H-pyrrole nitrogens is 1. The van der Waals surface area contributed by atoms with E-state index in [0.29, 0.717) is 5.75 Å². The maximum Gasteiger partial charge on any atom is 0.330 e. The van der Waals surface area contributed by atoms with Crippen LogP contribution in [0, 0.1) is 0 Å². The first-order valence-electron chi connectivity index (χ1n) is 11.6. The molecular weight excluding hydrogens is 537 g/mol. The van der Waals surface area contributed by atoms with Crippen LogP contribution in [0.2, 0.25) is 0 Å². The first-order chi connectivity index (χ1) is 17.9. The Morgan fingerprint density at radius 2 is 1.97 bits per heavy atom. The van der Waals surface area contributed by atoms with Crippen LogP contribution in [0.1, 0.15) is 20.1 Å². The minimum absolute atomic E-state index is 0.366. The SMILES string of the molecule is COC(=O)[C@H](C)NP(=S)(OC[C@H]1O[C@@H](n2ccc(=O)[nH]c2=O)[C@](C)(O)[C@@H]1O)Oc1cccc2ccccc12. The van der Waals surface area contributed by atoms with Gasteiger partial charge < -0.3 is 28.7 Å². The van der Waals surface area contributed by atoms with E-state index in [1.54, 1.807) is 12.1 Å². The van der Waals surface area contributed by atoms with Crippen LogP contribution in [0.25, 0.3) is 10.8 Å². The van der Waals surface area contributed by atoms with Gasteiger partial charge in [-0.1, -0.05) is 36.4 Å². The predicted octanol–water partition coefficient (Wildman–Crippen LogP) is 1.17. The molecule has 0 spiro atoms. The highest BCUT2D eigenvalue weighted by Gasteiger charge is 2.53. The van der Waals surface area contributed by atoms with Crippen molar-refractivity contribution >= 4 is 35.2 Å². The number of rotatable bonds is 9. The molecule has 0 aliphatic carbocycles. The number of fused-ring (bicyclic) bond motifs is 1. The van der Waals surface area contributed by atoms with Crippen LogP contribution in [0.15, 0.2) is 64.3 Å². The molecule has 0 amide bonds. The van der Waals surface area contributed by atoms with Gasteiger partial charge in [-0.25, -0.2) is 9.88 Å². The van der Waals surface area contributed by atoms with Gasteiger partial charge in [-0.05, 0) is 37.1 Å². The minimum Gasteiger partial charge on any atom is -0.468 e. The lowest BCUT2D eigenvalue weighted by atomic mass is 9.96. The van der Waals surface area contributed by atoms with Gasteiger partial charge in [0.15, 0.2) is 6.23 Å². The third-order valence-corrected chi connectivity index (χ3v) is 8.63. The largest absolute Gasteiger partial charge is 0.468 e. The summed E-state index contributed by atoms with van der Waals surface area (Å²) >= 11 is 5.73. The van der Waals surface area contributed by atoms with E-state index in [4.69, 9.17) is 30.3 Å². The van der Waals surface area contributed by atoms with Crippen LogP contribution in [0.5, 0.6) is 5.75 Å². The standard InChI is InChI=1S/C24H28N3O9PS/c1-14(21(30)33-3)26-37(38,36-17-10-6-8-15-7-4-5-9-16(15)17)34-13-18-20(29)24(2,32)22(35-18)27-12-11-19(28)25-23(27)31/h4-12,14,18,20,22,29,32H,13H2,1-3H3,(H,26,38)(H,25,28,31)/t14-,18+,20+,22+,24+,37?/m0/s1. The molecule has 204 valence electrons. The topological polar surface area (TPSA) is 161 Å². The fourth-order valence-corrected chi connectivity index (χ4v) is 6.54. The number of nitrogens with zero attached hydrogens (tertiary/aromatic N) is 1. The molecule has 6 atom stereocenters. The number of nitrogens with one attached hydrogen (secondary N) is 2. The van der Waals surface area contributed by atoms with Crippen LogP contribution < -0.4 is 20.9 Å². The summed E-state index contributed by atoms with van der Waals surface area (Å²) in [6.07, 6.45) is -2.84. The van der Waals surface area contributed by atoms with Crippen LogP contribution in [0.3, 0.4) is 0 Å². The second kappa shape index (κ2) is 11.1. The molecule has 38 heavy (non-hydrogen) atoms. The number of aliphatic hydroxyl groups excluding tert-OH is 1. The van der Waals surface area contributed by atoms with Gasteiger partial charge in [-0.3, -0.25) is 19.1 Å². The Kier molecular flexibility index (Phi) is 8.19. The number of benzene rings is 2. The van der Waals surface area contributed by atoms with Crippen LogP contribution in [-0.4, -0.2) is 63.3 Å². The number of methoxy groups -OCH3 is 1. The summed E-state index contributed by atoms with van der Waals surface area (Å²) < 4.78 is 23.7. The number of carbonyl (C=O) groups excluding carboxylic acids is 1. The zero-order chi connectivity index (χ0) is 27.7. The second-order valence-corrected chi connectivity index (χ2v) is 12.1. The van der Waals surface area contributed by atoms with Crippen LogP contribution >= 0.6 is 6.64 Å². The number of aromatic amines is 1. The molecule has 12 nitrogen and oxygen atoms in total. The summed E-state index contributed by atoms with van der Waals surface area (Å²) in [6, 6.07) is 13.1. The molecule has 0 bridgehead atoms. The molecule has 4 rings (SSSR count). The Labute approximate surface area is 222 Å². The monoisotopic (exact) mass is 565 g/mol. The van der Waals surface area contributed by atoms with Crippen molar-refractivity contribution in [3.8, 4) is 5.75 Å². The zero-order valence-electron chi connectivity index (χ0n) is 20.8. The number of aromatic nitrogens is 2. The van der Waals surface area contributed by atoms with Crippen LogP contribution in [0.4, 0.5) is 0 Å². The van der Waals surface area contributed by atoms with E-state index in [9.17, 15) is 24.6 Å². The maximum atomic E-state index is 12.3. The number of hydrogen-bond acceptors (Lipinski definition) is 10. The first kappa shape index (κ1) is 28.1. The normalized spacial score (nSPS) is 25.6. The summed E-state index contributed by atoms with van der Waals surface area (Å²) in [5.41, 5.74) is -3.38. The molecule has 1 fully saturated rings. The Bertz CT molecular complexity index is 1490. The fraction of sp³-hybridized carbons (Fsp3) is 0.375. The molecule has 1 unspecified atom stereocenters. The number of carbonyl (C=O) groups is 1. The van der Waals surface area contributed by atoms with Crippen molar-refractivity contribution in [2.24, 2.45) is 0 Å². The van der Waals surface area contributed by atoms with Gasteiger partial charge in [0.1, 0.15) is 29.6 Å². The highest BCUT2D eigenvalue weighted by Crippen LogP contribution is 2.48. The molecule has 4 N–H and O–H groups in total. The molecule has 0 radical (unpaired) electrons. The molecule has 2 aromatic carbocycles.